The Morgan fingerprint density at radius 2 is 1.95 bits per heavy atom. The van der Waals surface area contributed by atoms with Crippen molar-refractivity contribution in [3.63, 3.8) is 0 Å². The summed E-state index contributed by atoms with van der Waals surface area (Å²) >= 11 is 4.28. The van der Waals surface area contributed by atoms with Crippen molar-refractivity contribution in [1.29, 1.82) is 0 Å². The summed E-state index contributed by atoms with van der Waals surface area (Å²) in [6, 6.07) is 8.30. The van der Waals surface area contributed by atoms with Gasteiger partial charge in [0.05, 0.1) is 4.90 Å². The van der Waals surface area contributed by atoms with Crippen LogP contribution >= 0.6 is 27.7 Å². The lowest BCUT2D eigenvalue weighted by molar-refractivity contribution is 0.318. The molecule has 0 saturated carbocycles. The van der Waals surface area contributed by atoms with Crippen LogP contribution in [0.15, 0.2) is 55.8 Å². The highest BCUT2D eigenvalue weighted by atomic mass is 79.9. The van der Waals surface area contributed by atoms with Crippen molar-refractivity contribution >= 4 is 33.5 Å². The first-order valence-electron chi connectivity index (χ1n) is 5.42. The average Bonchev–Trinajstić information content (AvgIpc) is 2.42. The number of amidine groups is 1. The second kappa shape index (κ2) is 6.23. The topological polar surface area (TPSA) is 58.6 Å². The summed E-state index contributed by atoms with van der Waals surface area (Å²) in [6.07, 6.45) is 0. The zero-order valence-corrected chi connectivity index (χ0v) is 12.4. The third kappa shape index (κ3) is 3.10. The van der Waals surface area contributed by atoms with E-state index in [2.05, 4.69) is 21.1 Å². The molecule has 0 heterocycles. The van der Waals surface area contributed by atoms with Crippen LogP contribution in [-0.4, -0.2) is 11.0 Å². The zero-order valence-electron chi connectivity index (χ0n) is 9.98. The summed E-state index contributed by atoms with van der Waals surface area (Å²) in [5.74, 6) is -1.19. The van der Waals surface area contributed by atoms with E-state index in [0.717, 1.165) is 30.0 Å². The number of hydrogen-bond acceptors (Lipinski definition) is 3. The largest absolute Gasteiger partial charge is 0.409 e. The van der Waals surface area contributed by atoms with Crippen LogP contribution < -0.4 is 5.73 Å². The van der Waals surface area contributed by atoms with Crippen LogP contribution in [0.1, 0.15) is 5.56 Å². The van der Waals surface area contributed by atoms with Crippen molar-refractivity contribution < 1.29 is 14.0 Å². The van der Waals surface area contributed by atoms with Gasteiger partial charge in [-0.25, -0.2) is 8.78 Å². The molecule has 2 aromatic carbocycles. The van der Waals surface area contributed by atoms with E-state index in [0.29, 0.717) is 14.9 Å². The molecule has 7 heteroatoms. The van der Waals surface area contributed by atoms with Gasteiger partial charge >= 0.3 is 0 Å². The summed E-state index contributed by atoms with van der Waals surface area (Å²) < 4.78 is 27.4. The number of nitrogens with two attached hydrogens (primary N) is 1. The molecule has 0 bridgehead atoms. The molecule has 2 aromatic rings. The maximum absolute atomic E-state index is 13.7. The molecule has 0 fully saturated rings. The Balaban J connectivity index is 2.49. The second-order valence-corrected chi connectivity index (χ2v) is 5.71. The van der Waals surface area contributed by atoms with E-state index in [-0.39, 0.29) is 10.7 Å². The van der Waals surface area contributed by atoms with Crippen LogP contribution in [0.2, 0.25) is 0 Å². The van der Waals surface area contributed by atoms with Crippen molar-refractivity contribution in [1.82, 2.24) is 0 Å². The minimum Gasteiger partial charge on any atom is -0.409 e. The lowest BCUT2D eigenvalue weighted by Gasteiger charge is -2.10. The molecule has 0 radical (unpaired) electrons. The summed E-state index contributed by atoms with van der Waals surface area (Å²) in [5, 5.41) is 11.7. The van der Waals surface area contributed by atoms with Gasteiger partial charge < -0.3 is 10.9 Å². The van der Waals surface area contributed by atoms with Crippen LogP contribution in [0.5, 0.6) is 0 Å². The molecule has 0 saturated heterocycles. The predicted octanol–water partition coefficient (Wildman–Crippen LogP) is 3.97. The molecule has 0 aromatic heterocycles. The molecular formula is C13H9BrF2N2OS. The molecule has 2 rings (SSSR count). The highest BCUT2D eigenvalue weighted by Crippen LogP contribution is 2.35. The summed E-state index contributed by atoms with van der Waals surface area (Å²) in [6.45, 7) is 0. The lowest BCUT2D eigenvalue weighted by atomic mass is 10.2. The van der Waals surface area contributed by atoms with Gasteiger partial charge in [-0.15, -0.1) is 0 Å². The van der Waals surface area contributed by atoms with Crippen molar-refractivity contribution in [3.8, 4) is 0 Å². The minimum absolute atomic E-state index is 0.114. The molecule has 3 nitrogen and oxygen atoms in total. The normalized spacial score (nSPS) is 11.7. The summed E-state index contributed by atoms with van der Waals surface area (Å²) in [5.41, 5.74) is 6.03. The van der Waals surface area contributed by atoms with Crippen molar-refractivity contribution in [2.75, 3.05) is 0 Å². The van der Waals surface area contributed by atoms with Gasteiger partial charge in [-0.2, -0.15) is 0 Å². The number of nitrogens with zero attached hydrogens (tertiary/aromatic N) is 1. The van der Waals surface area contributed by atoms with Crippen LogP contribution in [0.4, 0.5) is 8.78 Å². The van der Waals surface area contributed by atoms with E-state index in [1.165, 1.54) is 0 Å². The first-order valence-corrected chi connectivity index (χ1v) is 7.03. The van der Waals surface area contributed by atoms with Crippen molar-refractivity contribution in [3.05, 3.63) is 58.1 Å². The molecule has 0 amide bonds. The highest BCUT2D eigenvalue weighted by molar-refractivity contribution is 9.10. The molecule has 0 spiro atoms. The quantitative estimate of drug-likeness (QED) is 0.377. The van der Waals surface area contributed by atoms with Gasteiger partial charge in [0.1, 0.15) is 11.6 Å². The molecule has 0 atom stereocenters. The van der Waals surface area contributed by atoms with Gasteiger partial charge in [0.15, 0.2) is 5.84 Å². The molecule has 0 aliphatic carbocycles. The molecule has 0 aliphatic rings. The van der Waals surface area contributed by atoms with Crippen LogP contribution in [0, 0.1) is 11.6 Å². The van der Waals surface area contributed by atoms with Gasteiger partial charge in [0, 0.05) is 14.9 Å². The van der Waals surface area contributed by atoms with Crippen molar-refractivity contribution in [2.45, 2.75) is 9.79 Å². The van der Waals surface area contributed by atoms with Crippen molar-refractivity contribution in [2.24, 2.45) is 10.9 Å². The summed E-state index contributed by atoms with van der Waals surface area (Å²) in [4.78, 5) is 0.661. The molecule has 0 unspecified atom stereocenters. The van der Waals surface area contributed by atoms with Gasteiger partial charge in [0.25, 0.3) is 0 Å². The molecule has 0 aliphatic heterocycles. The Hall–Kier alpha value is -1.60. The SMILES string of the molecule is N/C(=N/O)c1c(Br)cccc1Sc1cc(F)ccc1F. The third-order valence-corrected chi connectivity index (χ3v) is 4.21. The Morgan fingerprint density at radius 1 is 1.20 bits per heavy atom. The monoisotopic (exact) mass is 358 g/mol. The Labute approximate surface area is 126 Å². The fourth-order valence-corrected chi connectivity index (χ4v) is 3.30. The van der Waals surface area contributed by atoms with E-state index in [9.17, 15) is 8.78 Å². The molecule has 20 heavy (non-hydrogen) atoms. The van der Waals surface area contributed by atoms with Gasteiger partial charge in [0.2, 0.25) is 0 Å². The first kappa shape index (κ1) is 14.8. The Morgan fingerprint density at radius 3 is 2.65 bits per heavy atom. The highest BCUT2D eigenvalue weighted by Gasteiger charge is 2.14. The van der Waals surface area contributed by atoms with Crippen LogP contribution in [-0.2, 0) is 0 Å². The maximum atomic E-state index is 13.7. The third-order valence-electron chi connectivity index (χ3n) is 2.45. The molecule has 104 valence electrons. The van der Waals surface area contributed by atoms with E-state index >= 15 is 0 Å². The molecule has 3 N–H and O–H groups in total. The number of benzene rings is 2. The number of rotatable bonds is 3. The number of halogens is 3. The van der Waals surface area contributed by atoms with Crippen LogP contribution in [0.3, 0.4) is 0 Å². The predicted molar refractivity (Wildman–Crippen MR) is 77.1 cm³/mol. The van der Waals surface area contributed by atoms with E-state index in [4.69, 9.17) is 10.9 Å². The Bertz CT molecular complexity index is 679. The molecular weight excluding hydrogens is 350 g/mol. The van der Waals surface area contributed by atoms with E-state index in [1.807, 2.05) is 0 Å². The lowest BCUT2D eigenvalue weighted by Crippen LogP contribution is -2.15. The zero-order chi connectivity index (χ0) is 14.7. The van der Waals surface area contributed by atoms with E-state index < -0.39 is 11.6 Å². The van der Waals surface area contributed by atoms with Gasteiger partial charge in [-0.05, 0) is 46.3 Å². The standard InChI is InChI=1S/C13H9BrF2N2OS/c14-8-2-1-3-10(12(8)13(17)18-19)20-11-6-7(15)4-5-9(11)16/h1-6,19H,(H2,17,18). The van der Waals surface area contributed by atoms with Gasteiger partial charge in [-0.1, -0.05) is 23.0 Å². The fraction of sp³-hybridized carbons (Fsp3) is 0. The average molecular weight is 359 g/mol. The first-order chi connectivity index (χ1) is 9.52. The fourth-order valence-electron chi connectivity index (χ4n) is 1.56. The summed E-state index contributed by atoms with van der Waals surface area (Å²) in [7, 11) is 0. The number of hydrogen-bond donors (Lipinski definition) is 2. The van der Waals surface area contributed by atoms with E-state index in [1.54, 1.807) is 18.2 Å². The Kier molecular flexibility index (Phi) is 4.61. The second-order valence-electron chi connectivity index (χ2n) is 3.78. The maximum Gasteiger partial charge on any atom is 0.172 e. The minimum atomic E-state index is -0.540. The van der Waals surface area contributed by atoms with Gasteiger partial charge in [-0.3, -0.25) is 0 Å². The smallest absolute Gasteiger partial charge is 0.172 e. The number of oxime groups is 1. The van der Waals surface area contributed by atoms with Crippen LogP contribution in [0.25, 0.3) is 0 Å².